The van der Waals surface area contributed by atoms with Gasteiger partial charge in [-0.25, -0.2) is 8.78 Å². The summed E-state index contributed by atoms with van der Waals surface area (Å²) < 4.78 is 26.6. The lowest BCUT2D eigenvalue weighted by molar-refractivity contribution is 0.102. The summed E-state index contributed by atoms with van der Waals surface area (Å²) in [6.07, 6.45) is 0. The molecule has 0 radical (unpaired) electrons. The van der Waals surface area contributed by atoms with E-state index >= 15 is 0 Å². The molecule has 0 spiro atoms. The molecule has 1 aromatic heterocycles. The van der Waals surface area contributed by atoms with Crippen LogP contribution in [0.1, 0.15) is 10.5 Å². The minimum absolute atomic E-state index is 0.217. The highest BCUT2D eigenvalue weighted by Gasteiger charge is 2.12. The molecule has 0 aliphatic rings. The van der Waals surface area contributed by atoms with Gasteiger partial charge in [-0.3, -0.25) is 4.79 Å². The van der Waals surface area contributed by atoms with Crippen molar-refractivity contribution in [2.24, 2.45) is 0 Å². The van der Waals surface area contributed by atoms with Crippen molar-refractivity contribution in [1.29, 1.82) is 0 Å². The van der Waals surface area contributed by atoms with Crippen LogP contribution < -0.4 is 5.32 Å². The van der Waals surface area contributed by atoms with Crippen LogP contribution in [-0.2, 0) is 0 Å². The number of carbonyl (C=O) groups excluding carboxylic acids is 1. The molecular formula is C15H10F2N2O. The Balaban J connectivity index is 1.91. The number of halogens is 2. The molecule has 100 valence electrons. The summed E-state index contributed by atoms with van der Waals surface area (Å²) in [5, 5.41) is 2.89. The molecule has 0 unspecified atom stereocenters. The van der Waals surface area contributed by atoms with Crippen LogP contribution in [0, 0.1) is 11.6 Å². The van der Waals surface area contributed by atoms with Gasteiger partial charge < -0.3 is 10.3 Å². The molecule has 0 aliphatic carbocycles. The number of hydrogen-bond donors (Lipinski definition) is 2. The van der Waals surface area contributed by atoms with Crippen LogP contribution in [0.25, 0.3) is 10.9 Å². The maximum atomic E-state index is 13.5. The van der Waals surface area contributed by atoms with Gasteiger partial charge in [0.1, 0.15) is 17.3 Å². The minimum atomic E-state index is -0.453. The van der Waals surface area contributed by atoms with Crippen molar-refractivity contribution in [2.45, 2.75) is 0 Å². The van der Waals surface area contributed by atoms with Crippen LogP contribution in [-0.4, -0.2) is 10.9 Å². The zero-order valence-electron chi connectivity index (χ0n) is 10.3. The van der Waals surface area contributed by atoms with Gasteiger partial charge in [-0.2, -0.15) is 0 Å². The number of carbonyl (C=O) groups is 1. The van der Waals surface area contributed by atoms with Crippen molar-refractivity contribution in [3.05, 3.63) is 65.9 Å². The standard InChI is InChI=1S/C15H10F2N2O/c16-9-3-1-4-10(7-9)18-15(20)14-8-11-12(17)5-2-6-13(11)19-14/h1-8,19H,(H,18,20). The molecule has 0 saturated heterocycles. The van der Waals surface area contributed by atoms with E-state index in [1.54, 1.807) is 18.2 Å². The van der Waals surface area contributed by atoms with Crippen molar-refractivity contribution < 1.29 is 13.6 Å². The number of rotatable bonds is 2. The van der Waals surface area contributed by atoms with Crippen molar-refractivity contribution in [2.75, 3.05) is 5.32 Å². The Morgan fingerprint density at radius 3 is 2.60 bits per heavy atom. The lowest BCUT2D eigenvalue weighted by Gasteiger charge is -2.03. The maximum Gasteiger partial charge on any atom is 0.272 e. The quantitative estimate of drug-likeness (QED) is 0.734. The molecule has 0 bridgehead atoms. The van der Waals surface area contributed by atoms with Gasteiger partial charge in [-0.05, 0) is 36.4 Å². The second kappa shape index (κ2) is 4.77. The number of anilines is 1. The molecule has 0 aliphatic heterocycles. The molecule has 0 saturated carbocycles. The van der Waals surface area contributed by atoms with E-state index in [1.165, 1.54) is 30.3 Å². The smallest absolute Gasteiger partial charge is 0.272 e. The van der Waals surface area contributed by atoms with Gasteiger partial charge in [0.2, 0.25) is 0 Å². The van der Waals surface area contributed by atoms with Crippen LogP contribution in [0.5, 0.6) is 0 Å². The molecular weight excluding hydrogens is 262 g/mol. The fraction of sp³-hybridized carbons (Fsp3) is 0. The molecule has 3 rings (SSSR count). The Bertz CT molecular complexity index is 795. The zero-order valence-corrected chi connectivity index (χ0v) is 10.3. The van der Waals surface area contributed by atoms with Crippen LogP contribution >= 0.6 is 0 Å². The number of aromatic amines is 1. The third-order valence-electron chi connectivity index (χ3n) is 2.94. The summed E-state index contributed by atoms with van der Waals surface area (Å²) in [7, 11) is 0. The summed E-state index contributed by atoms with van der Waals surface area (Å²) in [5.74, 6) is -1.29. The topological polar surface area (TPSA) is 44.9 Å². The lowest BCUT2D eigenvalue weighted by atomic mass is 10.2. The Kier molecular flexibility index (Phi) is 2.95. The van der Waals surface area contributed by atoms with E-state index in [0.717, 1.165) is 0 Å². The van der Waals surface area contributed by atoms with Crippen LogP contribution in [0.2, 0.25) is 0 Å². The first-order chi connectivity index (χ1) is 9.63. The fourth-order valence-corrected chi connectivity index (χ4v) is 2.01. The van der Waals surface area contributed by atoms with E-state index in [4.69, 9.17) is 0 Å². The summed E-state index contributed by atoms with van der Waals surface area (Å²) in [5.41, 5.74) is 1.10. The molecule has 2 N–H and O–H groups in total. The third kappa shape index (κ3) is 2.25. The van der Waals surface area contributed by atoms with Crippen molar-refractivity contribution in [3.63, 3.8) is 0 Å². The Morgan fingerprint density at radius 1 is 1.05 bits per heavy atom. The highest BCUT2D eigenvalue weighted by atomic mass is 19.1. The maximum absolute atomic E-state index is 13.5. The molecule has 0 fully saturated rings. The van der Waals surface area contributed by atoms with E-state index < -0.39 is 17.5 Å². The van der Waals surface area contributed by atoms with E-state index in [1.807, 2.05) is 0 Å². The average Bonchev–Trinajstić information content (AvgIpc) is 2.84. The number of amides is 1. The number of aromatic nitrogens is 1. The Hall–Kier alpha value is -2.69. The van der Waals surface area contributed by atoms with Crippen molar-refractivity contribution >= 4 is 22.5 Å². The Morgan fingerprint density at radius 2 is 1.85 bits per heavy atom. The average molecular weight is 272 g/mol. The van der Waals surface area contributed by atoms with Crippen LogP contribution in [0.3, 0.4) is 0 Å². The SMILES string of the molecule is O=C(Nc1cccc(F)c1)c1cc2c(F)cccc2[nH]1. The molecule has 1 amide bonds. The summed E-state index contributed by atoms with van der Waals surface area (Å²) >= 11 is 0. The minimum Gasteiger partial charge on any atom is -0.350 e. The van der Waals surface area contributed by atoms with Gasteiger partial charge in [0.15, 0.2) is 0 Å². The van der Waals surface area contributed by atoms with E-state index in [0.29, 0.717) is 16.6 Å². The van der Waals surface area contributed by atoms with Crippen molar-refractivity contribution in [1.82, 2.24) is 4.98 Å². The lowest BCUT2D eigenvalue weighted by Crippen LogP contribution is -2.12. The summed E-state index contributed by atoms with van der Waals surface area (Å²) in [4.78, 5) is 14.8. The van der Waals surface area contributed by atoms with E-state index in [2.05, 4.69) is 10.3 Å². The first-order valence-electron chi connectivity index (χ1n) is 5.97. The van der Waals surface area contributed by atoms with Gasteiger partial charge in [0, 0.05) is 16.6 Å². The van der Waals surface area contributed by atoms with Gasteiger partial charge >= 0.3 is 0 Å². The van der Waals surface area contributed by atoms with Gasteiger partial charge in [0.05, 0.1) is 0 Å². The third-order valence-corrected chi connectivity index (χ3v) is 2.94. The number of fused-ring (bicyclic) bond motifs is 1. The molecule has 3 aromatic rings. The number of hydrogen-bond acceptors (Lipinski definition) is 1. The fourth-order valence-electron chi connectivity index (χ4n) is 2.01. The van der Waals surface area contributed by atoms with Gasteiger partial charge in [0.25, 0.3) is 5.91 Å². The van der Waals surface area contributed by atoms with E-state index in [-0.39, 0.29) is 5.69 Å². The van der Waals surface area contributed by atoms with Crippen molar-refractivity contribution in [3.8, 4) is 0 Å². The van der Waals surface area contributed by atoms with Gasteiger partial charge in [-0.1, -0.05) is 12.1 Å². The Labute approximate surface area is 113 Å². The monoisotopic (exact) mass is 272 g/mol. The first kappa shape index (κ1) is 12.3. The molecule has 20 heavy (non-hydrogen) atoms. The number of nitrogens with one attached hydrogen (secondary N) is 2. The first-order valence-corrected chi connectivity index (χ1v) is 5.97. The molecule has 1 heterocycles. The predicted molar refractivity (Wildman–Crippen MR) is 72.6 cm³/mol. The highest BCUT2D eigenvalue weighted by Crippen LogP contribution is 2.19. The summed E-state index contributed by atoms with van der Waals surface area (Å²) in [6.45, 7) is 0. The summed E-state index contributed by atoms with van der Waals surface area (Å²) in [6, 6.07) is 11.6. The predicted octanol–water partition coefficient (Wildman–Crippen LogP) is 3.70. The number of benzene rings is 2. The molecule has 5 heteroatoms. The molecule has 0 atom stereocenters. The van der Waals surface area contributed by atoms with Gasteiger partial charge in [-0.15, -0.1) is 0 Å². The molecule has 2 aromatic carbocycles. The van der Waals surface area contributed by atoms with Crippen LogP contribution in [0.15, 0.2) is 48.5 Å². The number of H-pyrrole nitrogens is 1. The second-order valence-electron chi connectivity index (χ2n) is 4.35. The van der Waals surface area contributed by atoms with Crippen LogP contribution in [0.4, 0.5) is 14.5 Å². The zero-order chi connectivity index (χ0) is 14.1. The van der Waals surface area contributed by atoms with E-state index in [9.17, 15) is 13.6 Å². The largest absolute Gasteiger partial charge is 0.350 e. The normalized spacial score (nSPS) is 10.7. The molecule has 3 nitrogen and oxygen atoms in total. The second-order valence-corrected chi connectivity index (χ2v) is 4.35. The highest BCUT2D eigenvalue weighted by molar-refractivity contribution is 6.05.